The van der Waals surface area contributed by atoms with Crippen LogP contribution in [0.5, 0.6) is 5.75 Å². The molecular weight excluding hydrogens is 337 g/mol. The first-order valence-electron chi connectivity index (χ1n) is 8.20. The fourth-order valence-electron chi connectivity index (χ4n) is 2.61. The van der Waals surface area contributed by atoms with E-state index < -0.39 is 11.4 Å². The van der Waals surface area contributed by atoms with Gasteiger partial charge in [0.25, 0.3) is 0 Å². The zero-order valence-electron chi connectivity index (χ0n) is 15.0. The maximum atomic E-state index is 13.1. The predicted octanol–water partition coefficient (Wildman–Crippen LogP) is 3.17. The minimum absolute atomic E-state index is 0.145. The van der Waals surface area contributed by atoms with E-state index in [1.165, 1.54) is 31.4 Å². The van der Waals surface area contributed by atoms with Crippen LogP contribution >= 0.6 is 0 Å². The molecule has 0 saturated carbocycles. The second kappa shape index (κ2) is 7.99. The summed E-state index contributed by atoms with van der Waals surface area (Å²) in [6, 6.07) is 10.5. The van der Waals surface area contributed by atoms with Gasteiger partial charge in [0, 0.05) is 6.54 Å². The summed E-state index contributed by atoms with van der Waals surface area (Å²) in [5.41, 5.74) is 0.870. The van der Waals surface area contributed by atoms with Gasteiger partial charge in [0.1, 0.15) is 11.6 Å². The number of nitrogens with one attached hydrogen (secondary N) is 1. The van der Waals surface area contributed by atoms with Crippen molar-refractivity contribution >= 4 is 11.9 Å². The third-order valence-electron chi connectivity index (χ3n) is 4.35. The molecule has 0 aliphatic carbocycles. The highest BCUT2D eigenvalue weighted by molar-refractivity contribution is 5.88. The number of hydrogen-bond acceptors (Lipinski definition) is 3. The number of halogens is 1. The molecule has 0 aliphatic heterocycles. The molecule has 26 heavy (non-hydrogen) atoms. The van der Waals surface area contributed by atoms with Crippen LogP contribution in [0.3, 0.4) is 0 Å². The third-order valence-corrected chi connectivity index (χ3v) is 4.35. The molecule has 2 aromatic carbocycles. The summed E-state index contributed by atoms with van der Waals surface area (Å²) < 4.78 is 18.3. The highest BCUT2D eigenvalue weighted by atomic mass is 19.1. The lowest BCUT2D eigenvalue weighted by molar-refractivity contribution is -0.125. The van der Waals surface area contributed by atoms with Gasteiger partial charge in [0.2, 0.25) is 5.91 Å². The Balaban J connectivity index is 2.01. The van der Waals surface area contributed by atoms with Crippen LogP contribution in [0.25, 0.3) is 0 Å². The number of amides is 1. The molecule has 2 rings (SSSR count). The van der Waals surface area contributed by atoms with Gasteiger partial charge in [-0.25, -0.2) is 9.18 Å². The van der Waals surface area contributed by atoms with E-state index in [1.807, 2.05) is 0 Å². The molecule has 2 aromatic rings. The Morgan fingerprint density at radius 1 is 1.15 bits per heavy atom. The fourth-order valence-corrected chi connectivity index (χ4v) is 2.61. The smallest absolute Gasteiger partial charge is 0.335 e. The molecule has 0 saturated heterocycles. The molecule has 1 amide bonds. The number of rotatable bonds is 7. The van der Waals surface area contributed by atoms with E-state index in [1.54, 1.807) is 32.0 Å². The summed E-state index contributed by atoms with van der Waals surface area (Å²) in [5, 5.41) is 11.9. The van der Waals surface area contributed by atoms with Crippen LogP contribution < -0.4 is 10.1 Å². The minimum atomic E-state index is -1.02. The summed E-state index contributed by atoms with van der Waals surface area (Å²) in [7, 11) is 1.47. The Morgan fingerprint density at radius 3 is 2.38 bits per heavy atom. The number of carbonyl (C=O) groups excluding carboxylic acids is 1. The Labute approximate surface area is 151 Å². The van der Waals surface area contributed by atoms with Crippen LogP contribution in [0.1, 0.15) is 35.3 Å². The minimum Gasteiger partial charge on any atom is -0.496 e. The Hall–Kier alpha value is -2.89. The molecule has 0 aromatic heterocycles. The summed E-state index contributed by atoms with van der Waals surface area (Å²) in [6.45, 7) is 3.92. The number of methoxy groups -OCH3 is 1. The Kier molecular flexibility index (Phi) is 5.97. The molecule has 5 nitrogen and oxygen atoms in total. The lowest BCUT2D eigenvalue weighted by atomic mass is 9.83. The zero-order valence-corrected chi connectivity index (χ0v) is 15.0. The number of carboxylic acids is 1. The van der Waals surface area contributed by atoms with Crippen LogP contribution in [0.4, 0.5) is 4.39 Å². The van der Waals surface area contributed by atoms with Crippen LogP contribution in [0.2, 0.25) is 0 Å². The van der Waals surface area contributed by atoms with Crippen molar-refractivity contribution in [1.29, 1.82) is 0 Å². The van der Waals surface area contributed by atoms with E-state index in [-0.39, 0.29) is 17.3 Å². The highest BCUT2D eigenvalue weighted by Crippen LogP contribution is 2.24. The summed E-state index contributed by atoms with van der Waals surface area (Å²) in [6.07, 6.45) is 0.494. The van der Waals surface area contributed by atoms with Crippen molar-refractivity contribution in [2.45, 2.75) is 25.7 Å². The van der Waals surface area contributed by atoms with Crippen LogP contribution in [0.15, 0.2) is 42.5 Å². The molecule has 6 heteroatoms. The number of carbonyl (C=O) groups is 2. The summed E-state index contributed by atoms with van der Waals surface area (Å²) in [5.74, 6) is -1.08. The standard InChI is InChI=1S/C20H22FNO4/c1-20(2,15-6-8-16(21)9-7-15)19(25)22-11-10-13-4-5-14(18(23)24)12-17(13)26-3/h4-9,12H,10-11H2,1-3H3,(H,22,25)(H,23,24). The first-order valence-corrected chi connectivity index (χ1v) is 8.20. The van der Waals surface area contributed by atoms with Gasteiger partial charge in [-0.1, -0.05) is 18.2 Å². The Bertz CT molecular complexity index is 800. The van der Waals surface area contributed by atoms with Gasteiger partial charge in [-0.15, -0.1) is 0 Å². The third kappa shape index (κ3) is 4.39. The first-order chi connectivity index (χ1) is 12.3. The fraction of sp³-hybridized carbons (Fsp3) is 0.300. The van der Waals surface area contributed by atoms with Crippen LogP contribution in [-0.4, -0.2) is 30.6 Å². The van der Waals surface area contributed by atoms with Crippen molar-refractivity contribution < 1.29 is 23.8 Å². The van der Waals surface area contributed by atoms with E-state index in [0.717, 1.165) is 11.1 Å². The number of aromatic carboxylic acids is 1. The average molecular weight is 359 g/mol. The molecule has 0 unspecified atom stereocenters. The van der Waals surface area contributed by atoms with Crippen molar-refractivity contribution in [3.05, 3.63) is 65.0 Å². The number of benzene rings is 2. The van der Waals surface area contributed by atoms with Crippen LogP contribution in [0, 0.1) is 5.82 Å². The van der Waals surface area contributed by atoms with Gasteiger partial charge in [0.15, 0.2) is 0 Å². The molecular formula is C20H22FNO4. The van der Waals surface area contributed by atoms with Crippen molar-refractivity contribution in [2.75, 3.05) is 13.7 Å². The van der Waals surface area contributed by atoms with E-state index in [2.05, 4.69) is 5.32 Å². The number of carboxylic acid groups (broad SMARTS) is 1. The number of hydrogen-bond donors (Lipinski definition) is 2. The maximum absolute atomic E-state index is 13.1. The van der Waals surface area contributed by atoms with Gasteiger partial charge in [0.05, 0.1) is 18.1 Å². The van der Waals surface area contributed by atoms with Crippen molar-refractivity contribution in [2.24, 2.45) is 0 Å². The molecule has 0 atom stereocenters. The van der Waals surface area contributed by atoms with Gasteiger partial charge in [-0.05, 0) is 55.7 Å². The van der Waals surface area contributed by atoms with Crippen LogP contribution in [-0.2, 0) is 16.6 Å². The monoisotopic (exact) mass is 359 g/mol. The van der Waals surface area contributed by atoms with Gasteiger partial charge >= 0.3 is 5.97 Å². The van der Waals surface area contributed by atoms with E-state index in [9.17, 15) is 14.0 Å². The lowest BCUT2D eigenvalue weighted by Crippen LogP contribution is -2.40. The highest BCUT2D eigenvalue weighted by Gasteiger charge is 2.29. The molecule has 0 bridgehead atoms. The topological polar surface area (TPSA) is 75.6 Å². The van der Waals surface area contributed by atoms with E-state index in [4.69, 9.17) is 9.84 Å². The molecule has 138 valence electrons. The summed E-state index contributed by atoms with van der Waals surface area (Å²) in [4.78, 5) is 23.5. The van der Waals surface area contributed by atoms with E-state index in [0.29, 0.717) is 18.7 Å². The predicted molar refractivity (Wildman–Crippen MR) is 96.1 cm³/mol. The molecule has 0 fully saturated rings. The maximum Gasteiger partial charge on any atom is 0.335 e. The van der Waals surface area contributed by atoms with Crippen molar-refractivity contribution in [3.8, 4) is 5.75 Å². The second-order valence-electron chi connectivity index (χ2n) is 6.47. The SMILES string of the molecule is COc1cc(C(=O)O)ccc1CCNC(=O)C(C)(C)c1ccc(F)cc1. The first kappa shape index (κ1) is 19.4. The molecule has 0 radical (unpaired) electrons. The average Bonchev–Trinajstić information content (AvgIpc) is 2.61. The largest absolute Gasteiger partial charge is 0.496 e. The molecule has 0 heterocycles. The normalized spacial score (nSPS) is 11.1. The molecule has 0 aliphatic rings. The zero-order chi connectivity index (χ0) is 19.3. The lowest BCUT2D eigenvalue weighted by Gasteiger charge is -2.24. The molecule has 0 spiro atoms. The second-order valence-corrected chi connectivity index (χ2v) is 6.47. The van der Waals surface area contributed by atoms with Crippen molar-refractivity contribution in [1.82, 2.24) is 5.32 Å². The van der Waals surface area contributed by atoms with Crippen molar-refractivity contribution in [3.63, 3.8) is 0 Å². The molecule has 2 N–H and O–H groups in total. The van der Waals surface area contributed by atoms with Gasteiger partial charge in [-0.2, -0.15) is 0 Å². The quantitative estimate of drug-likeness (QED) is 0.796. The van der Waals surface area contributed by atoms with Gasteiger partial charge in [-0.3, -0.25) is 4.79 Å². The Morgan fingerprint density at radius 2 is 1.81 bits per heavy atom. The number of ether oxygens (including phenoxy) is 1. The van der Waals surface area contributed by atoms with E-state index >= 15 is 0 Å². The van der Waals surface area contributed by atoms with Gasteiger partial charge < -0.3 is 15.2 Å². The summed E-state index contributed by atoms with van der Waals surface area (Å²) >= 11 is 0.